The van der Waals surface area contributed by atoms with Crippen molar-refractivity contribution in [3.05, 3.63) is 0 Å². The molecule has 2 atom stereocenters. The van der Waals surface area contributed by atoms with Crippen LogP contribution in [0.25, 0.3) is 0 Å². The highest BCUT2D eigenvalue weighted by atomic mass is 16.5. The third-order valence-electron chi connectivity index (χ3n) is 3.52. The maximum atomic E-state index is 11.9. The van der Waals surface area contributed by atoms with Gasteiger partial charge in [-0.2, -0.15) is 0 Å². The van der Waals surface area contributed by atoms with E-state index in [-0.39, 0.29) is 11.9 Å². The van der Waals surface area contributed by atoms with Crippen LogP contribution in [0, 0.1) is 5.92 Å². The lowest BCUT2D eigenvalue weighted by atomic mass is 9.99. The van der Waals surface area contributed by atoms with Crippen LogP contribution in [0.15, 0.2) is 0 Å². The molecule has 0 aromatic carbocycles. The number of nitrogens with zero attached hydrogens (tertiary/aromatic N) is 1. The van der Waals surface area contributed by atoms with Crippen LogP contribution in [-0.4, -0.2) is 43.2 Å². The molecule has 1 heterocycles. The summed E-state index contributed by atoms with van der Waals surface area (Å²) in [5.74, 6) is 0.681. The summed E-state index contributed by atoms with van der Waals surface area (Å²) in [5, 5.41) is 0. The number of carbonyl (C=O) groups excluding carboxylic acids is 1. The highest BCUT2D eigenvalue weighted by Gasteiger charge is 2.28. The van der Waals surface area contributed by atoms with E-state index < -0.39 is 0 Å². The first-order valence-corrected chi connectivity index (χ1v) is 5.88. The van der Waals surface area contributed by atoms with Crippen molar-refractivity contribution in [1.82, 2.24) is 4.90 Å². The van der Waals surface area contributed by atoms with Crippen molar-refractivity contribution >= 4 is 5.91 Å². The van der Waals surface area contributed by atoms with E-state index in [4.69, 9.17) is 10.5 Å². The summed E-state index contributed by atoms with van der Waals surface area (Å²) in [6.45, 7) is 2.87. The summed E-state index contributed by atoms with van der Waals surface area (Å²) in [6, 6.07) is 0.245. The predicted octanol–water partition coefficient (Wildman–Crippen LogP) is 0.363. The van der Waals surface area contributed by atoms with Crippen molar-refractivity contribution < 1.29 is 9.53 Å². The summed E-state index contributed by atoms with van der Waals surface area (Å²) >= 11 is 0. The van der Waals surface area contributed by atoms with E-state index in [1.54, 1.807) is 0 Å². The second kappa shape index (κ2) is 4.94. The summed E-state index contributed by atoms with van der Waals surface area (Å²) in [7, 11) is 0. The third kappa shape index (κ3) is 2.69. The fourth-order valence-corrected chi connectivity index (χ4v) is 2.49. The van der Waals surface area contributed by atoms with E-state index in [1.165, 1.54) is 6.42 Å². The topological polar surface area (TPSA) is 55.6 Å². The Morgan fingerprint density at radius 3 is 2.67 bits per heavy atom. The molecule has 1 saturated heterocycles. The van der Waals surface area contributed by atoms with E-state index in [1.807, 2.05) is 4.90 Å². The van der Waals surface area contributed by atoms with Gasteiger partial charge in [-0.1, -0.05) is 6.42 Å². The normalized spacial score (nSPS) is 31.9. The molecule has 0 unspecified atom stereocenters. The molecule has 15 heavy (non-hydrogen) atoms. The maximum absolute atomic E-state index is 11.9. The van der Waals surface area contributed by atoms with Gasteiger partial charge in [0.25, 0.3) is 0 Å². The number of rotatable bonds is 2. The van der Waals surface area contributed by atoms with Gasteiger partial charge < -0.3 is 15.4 Å². The molecular weight excluding hydrogens is 192 g/mol. The van der Waals surface area contributed by atoms with E-state index in [0.717, 1.165) is 25.9 Å². The zero-order valence-electron chi connectivity index (χ0n) is 9.15. The smallest absolute Gasteiger partial charge is 0.223 e. The number of morpholine rings is 1. The van der Waals surface area contributed by atoms with Crippen LogP contribution < -0.4 is 5.73 Å². The van der Waals surface area contributed by atoms with E-state index in [2.05, 4.69) is 0 Å². The van der Waals surface area contributed by atoms with E-state index in [0.29, 0.717) is 25.6 Å². The van der Waals surface area contributed by atoms with E-state index in [9.17, 15) is 4.79 Å². The average molecular weight is 212 g/mol. The van der Waals surface area contributed by atoms with Crippen LogP contribution in [0.3, 0.4) is 0 Å². The Kier molecular flexibility index (Phi) is 3.59. The summed E-state index contributed by atoms with van der Waals surface area (Å²) in [4.78, 5) is 13.8. The Bertz CT molecular complexity index is 227. The largest absolute Gasteiger partial charge is 0.378 e. The molecule has 1 aliphatic heterocycles. The van der Waals surface area contributed by atoms with Crippen LogP contribution in [0.5, 0.6) is 0 Å². The Hall–Kier alpha value is -0.610. The molecule has 86 valence electrons. The van der Waals surface area contributed by atoms with Crippen LogP contribution in [0.2, 0.25) is 0 Å². The van der Waals surface area contributed by atoms with E-state index >= 15 is 0 Å². The Morgan fingerprint density at radius 2 is 2.07 bits per heavy atom. The third-order valence-corrected chi connectivity index (χ3v) is 3.52. The molecule has 0 bridgehead atoms. The van der Waals surface area contributed by atoms with Gasteiger partial charge in [0.15, 0.2) is 0 Å². The number of amides is 1. The maximum Gasteiger partial charge on any atom is 0.223 e. The molecule has 1 amide bonds. The SMILES string of the molecule is N[C@@H]1CCC[C@H]1CC(=O)N1CCOCC1. The molecule has 0 aromatic rings. The molecule has 1 saturated carbocycles. The summed E-state index contributed by atoms with van der Waals surface area (Å²) in [6.07, 6.45) is 4.03. The zero-order valence-corrected chi connectivity index (χ0v) is 9.15. The fraction of sp³-hybridized carbons (Fsp3) is 0.909. The molecule has 1 aliphatic carbocycles. The molecule has 2 aliphatic rings. The van der Waals surface area contributed by atoms with Crippen molar-refractivity contribution in [3.8, 4) is 0 Å². The standard InChI is InChI=1S/C11H20N2O2/c12-10-3-1-2-9(10)8-11(14)13-4-6-15-7-5-13/h9-10H,1-8,12H2/t9-,10+/m0/s1. The second-order valence-corrected chi connectivity index (χ2v) is 4.55. The van der Waals surface area contributed by atoms with Gasteiger partial charge in [0, 0.05) is 25.6 Å². The van der Waals surface area contributed by atoms with Crippen molar-refractivity contribution in [2.75, 3.05) is 26.3 Å². The van der Waals surface area contributed by atoms with Gasteiger partial charge in [0.05, 0.1) is 13.2 Å². The van der Waals surface area contributed by atoms with Crippen LogP contribution in [0.4, 0.5) is 0 Å². The molecule has 0 aromatic heterocycles. The lowest BCUT2D eigenvalue weighted by Crippen LogP contribution is -2.42. The molecule has 4 nitrogen and oxygen atoms in total. The van der Waals surface area contributed by atoms with Gasteiger partial charge in [-0.3, -0.25) is 4.79 Å². The zero-order chi connectivity index (χ0) is 10.7. The lowest BCUT2D eigenvalue weighted by molar-refractivity contribution is -0.136. The first kappa shape index (κ1) is 10.9. The monoisotopic (exact) mass is 212 g/mol. The number of carbonyl (C=O) groups is 1. The van der Waals surface area contributed by atoms with Crippen LogP contribution in [0.1, 0.15) is 25.7 Å². The van der Waals surface area contributed by atoms with Gasteiger partial charge in [-0.25, -0.2) is 0 Å². The first-order valence-electron chi connectivity index (χ1n) is 5.88. The highest BCUT2D eigenvalue weighted by Crippen LogP contribution is 2.27. The first-order chi connectivity index (χ1) is 7.27. The van der Waals surface area contributed by atoms with Gasteiger partial charge in [-0.05, 0) is 18.8 Å². The minimum Gasteiger partial charge on any atom is -0.378 e. The predicted molar refractivity (Wildman–Crippen MR) is 57.3 cm³/mol. The molecule has 2 fully saturated rings. The Balaban J connectivity index is 1.80. The Morgan fingerprint density at radius 1 is 1.33 bits per heavy atom. The van der Waals surface area contributed by atoms with Gasteiger partial charge >= 0.3 is 0 Å². The van der Waals surface area contributed by atoms with Crippen molar-refractivity contribution in [1.29, 1.82) is 0 Å². The Labute approximate surface area is 90.8 Å². The van der Waals surface area contributed by atoms with Crippen LogP contribution >= 0.6 is 0 Å². The number of hydrogen-bond acceptors (Lipinski definition) is 3. The minimum absolute atomic E-state index is 0.245. The summed E-state index contributed by atoms with van der Waals surface area (Å²) in [5.41, 5.74) is 5.96. The highest BCUT2D eigenvalue weighted by molar-refractivity contribution is 5.76. The van der Waals surface area contributed by atoms with Gasteiger partial charge in [0.1, 0.15) is 0 Å². The molecule has 2 N–H and O–H groups in total. The van der Waals surface area contributed by atoms with Crippen LogP contribution in [-0.2, 0) is 9.53 Å². The molecule has 2 rings (SSSR count). The summed E-state index contributed by atoms with van der Waals surface area (Å²) < 4.78 is 5.22. The van der Waals surface area contributed by atoms with Crippen molar-refractivity contribution in [3.63, 3.8) is 0 Å². The number of hydrogen-bond donors (Lipinski definition) is 1. The number of nitrogens with two attached hydrogens (primary N) is 1. The van der Waals surface area contributed by atoms with Crippen molar-refractivity contribution in [2.45, 2.75) is 31.7 Å². The molecular formula is C11H20N2O2. The average Bonchev–Trinajstić information content (AvgIpc) is 2.66. The van der Waals surface area contributed by atoms with Gasteiger partial charge in [-0.15, -0.1) is 0 Å². The fourth-order valence-electron chi connectivity index (χ4n) is 2.49. The minimum atomic E-state index is 0.245. The quantitative estimate of drug-likeness (QED) is 0.719. The molecule has 0 spiro atoms. The van der Waals surface area contributed by atoms with Gasteiger partial charge in [0.2, 0.25) is 5.91 Å². The molecule has 4 heteroatoms. The second-order valence-electron chi connectivity index (χ2n) is 4.55. The lowest BCUT2D eigenvalue weighted by Gasteiger charge is -2.28. The van der Waals surface area contributed by atoms with Crippen molar-refractivity contribution in [2.24, 2.45) is 11.7 Å². The molecule has 0 radical (unpaired) electrons. The number of ether oxygens (including phenoxy) is 1.